The molecule has 19 heavy (non-hydrogen) atoms. The highest BCUT2D eigenvalue weighted by Crippen LogP contribution is 2.19. The van der Waals surface area contributed by atoms with E-state index in [0.717, 1.165) is 38.1 Å². The van der Waals surface area contributed by atoms with Gasteiger partial charge < -0.3 is 10.6 Å². The van der Waals surface area contributed by atoms with Crippen molar-refractivity contribution in [1.29, 1.82) is 0 Å². The lowest BCUT2D eigenvalue weighted by molar-refractivity contribution is -0.117. The van der Waals surface area contributed by atoms with Crippen LogP contribution in [0.25, 0.3) is 0 Å². The Kier molecular flexibility index (Phi) is 4.42. The van der Waals surface area contributed by atoms with Crippen LogP contribution >= 0.6 is 0 Å². The smallest absolute Gasteiger partial charge is 0.224 e. The van der Waals surface area contributed by atoms with Gasteiger partial charge in [0.15, 0.2) is 17.5 Å². The number of anilines is 1. The Morgan fingerprint density at radius 1 is 1.32 bits per heavy atom. The van der Waals surface area contributed by atoms with E-state index in [9.17, 15) is 18.0 Å². The Balaban J connectivity index is 1.94. The molecule has 1 saturated heterocycles. The standard InChI is InChI=1S/C13H15F3N2O/c14-10-5-9(6-11(15)13(10)16)18-12(19)4-8-2-1-3-17-7-8/h5-6,8,17H,1-4,7H2,(H,18,19). The van der Waals surface area contributed by atoms with Gasteiger partial charge in [0, 0.05) is 24.2 Å². The third-order valence-electron chi connectivity index (χ3n) is 3.14. The Labute approximate surface area is 109 Å². The molecule has 1 unspecified atom stereocenters. The van der Waals surface area contributed by atoms with Crippen LogP contribution in [0.5, 0.6) is 0 Å². The summed E-state index contributed by atoms with van der Waals surface area (Å²) in [6.45, 7) is 1.71. The van der Waals surface area contributed by atoms with E-state index < -0.39 is 17.5 Å². The average molecular weight is 272 g/mol. The summed E-state index contributed by atoms with van der Waals surface area (Å²) in [5.41, 5.74) is -0.0647. The Hall–Kier alpha value is -1.56. The number of rotatable bonds is 3. The lowest BCUT2D eigenvalue weighted by Crippen LogP contribution is -2.32. The van der Waals surface area contributed by atoms with E-state index in [1.165, 1.54) is 0 Å². The molecule has 6 heteroatoms. The quantitative estimate of drug-likeness (QED) is 0.830. The van der Waals surface area contributed by atoms with Crippen LogP contribution < -0.4 is 10.6 Å². The average Bonchev–Trinajstić information content (AvgIpc) is 2.37. The van der Waals surface area contributed by atoms with E-state index in [2.05, 4.69) is 10.6 Å². The van der Waals surface area contributed by atoms with Gasteiger partial charge in [0.2, 0.25) is 5.91 Å². The van der Waals surface area contributed by atoms with Gasteiger partial charge in [0.25, 0.3) is 0 Å². The highest BCUT2D eigenvalue weighted by Gasteiger charge is 2.18. The van der Waals surface area contributed by atoms with Crippen molar-refractivity contribution in [2.75, 3.05) is 18.4 Å². The number of carbonyl (C=O) groups excluding carboxylic acids is 1. The fourth-order valence-electron chi connectivity index (χ4n) is 2.20. The molecular formula is C13H15F3N2O. The molecule has 0 spiro atoms. The van der Waals surface area contributed by atoms with E-state index in [4.69, 9.17) is 0 Å². The zero-order valence-electron chi connectivity index (χ0n) is 10.3. The van der Waals surface area contributed by atoms with Crippen LogP contribution in [-0.4, -0.2) is 19.0 Å². The molecule has 2 N–H and O–H groups in total. The van der Waals surface area contributed by atoms with Crippen LogP contribution in [0.2, 0.25) is 0 Å². The van der Waals surface area contributed by atoms with E-state index in [-0.39, 0.29) is 23.9 Å². The molecule has 0 saturated carbocycles. The second-order valence-electron chi connectivity index (χ2n) is 4.72. The van der Waals surface area contributed by atoms with Gasteiger partial charge in [-0.3, -0.25) is 4.79 Å². The first-order chi connectivity index (χ1) is 9.06. The molecule has 1 atom stereocenters. The normalized spacial score (nSPS) is 19.2. The molecule has 1 heterocycles. The van der Waals surface area contributed by atoms with E-state index in [1.54, 1.807) is 0 Å². The molecule has 0 aliphatic carbocycles. The summed E-state index contributed by atoms with van der Waals surface area (Å²) in [6, 6.07) is 1.55. The van der Waals surface area contributed by atoms with Crippen molar-refractivity contribution >= 4 is 11.6 Å². The second-order valence-corrected chi connectivity index (χ2v) is 4.72. The summed E-state index contributed by atoms with van der Waals surface area (Å²) >= 11 is 0. The fourth-order valence-corrected chi connectivity index (χ4v) is 2.20. The largest absolute Gasteiger partial charge is 0.326 e. The summed E-state index contributed by atoms with van der Waals surface area (Å²) in [5.74, 6) is -4.25. The molecule has 1 amide bonds. The molecule has 3 nitrogen and oxygen atoms in total. The summed E-state index contributed by atoms with van der Waals surface area (Å²) < 4.78 is 38.7. The first kappa shape index (κ1) is 13.9. The Bertz CT molecular complexity index is 450. The zero-order chi connectivity index (χ0) is 13.8. The number of benzene rings is 1. The lowest BCUT2D eigenvalue weighted by Gasteiger charge is -2.22. The topological polar surface area (TPSA) is 41.1 Å². The van der Waals surface area contributed by atoms with Crippen molar-refractivity contribution in [2.45, 2.75) is 19.3 Å². The van der Waals surface area contributed by atoms with Crippen molar-refractivity contribution in [3.63, 3.8) is 0 Å². The monoisotopic (exact) mass is 272 g/mol. The molecule has 2 rings (SSSR count). The summed E-state index contributed by atoms with van der Waals surface area (Å²) in [7, 11) is 0. The van der Waals surface area contributed by atoms with E-state index in [0.29, 0.717) is 0 Å². The number of carbonyl (C=O) groups is 1. The van der Waals surface area contributed by atoms with E-state index in [1.807, 2.05) is 0 Å². The van der Waals surface area contributed by atoms with Crippen molar-refractivity contribution in [3.8, 4) is 0 Å². The molecule has 1 aromatic rings. The van der Waals surface area contributed by atoms with Gasteiger partial charge in [-0.05, 0) is 31.8 Å². The number of amides is 1. The minimum Gasteiger partial charge on any atom is -0.326 e. The first-order valence-corrected chi connectivity index (χ1v) is 6.21. The lowest BCUT2D eigenvalue weighted by atomic mass is 9.96. The predicted octanol–water partition coefficient (Wildman–Crippen LogP) is 2.43. The highest BCUT2D eigenvalue weighted by molar-refractivity contribution is 5.90. The van der Waals surface area contributed by atoms with Gasteiger partial charge in [-0.2, -0.15) is 0 Å². The minimum atomic E-state index is -1.53. The number of halogens is 3. The van der Waals surface area contributed by atoms with Crippen LogP contribution in [0.3, 0.4) is 0 Å². The summed E-state index contributed by atoms with van der Waals surface area (Å²) in [4.78, 5) is 11.7. The van der Waals surface area contributed by atoms with Gasteiger partial charge in [-0.15, -0.1) is 0 Å². The molecule has 1 aromatic carbocycles. The van der Waals surface area contributed by atoms with Gasteiger partial charge in [-0.25, -0.2) is 13.2 Å². The van der Waals surface area contributed by atoms with Gasteiger partial charge in [0.1, 0.15) is 0 Å². The third-order valence-corrected chi connectivity index (χ3v) is 3.14. The summed E-state index contributed by atoms with van der Waals surface area (Å²) in [6.07, 6.45) is 2.25. The molecular weight excluding hydrogens is 257 g/mol. The molecule has 104 valence electrons. The second kappa shape index (κ2) is 6.06. The minimum absolute atomic E-state index is 0.0647. The maximum atomic E-state index is 13.0. The molecule has 1 fully saturated rings. The van der Waals surface area contributed by atoms with Gasteiger partial charge in [0.05, 0.1) is 0 Å². The molecule has 0 radical (unpaired) electrons. The molecule has 0 bridgehead atoms. The van der Waals surface area contributed by atoms with Crippen molar-refractivity contribution in [1.82, 2.24) is 5.32 Å². The highest BCUT2D eigenvalue weighted by atomic mass is 19.2. The number of hydrogen-bond acceptors (Lipinski definition) is 2. The van der Waals surface area contributed by atoms with Crippen LogP contribution in [0.4, 0.5) is 18.9 Å². The molecule has 1 aliphatic rings. The van der Waals surface area contributed by atoms with Crippen molar-refractivity contribution in [2.24, 2.45) is 5.92 Å². The number of piperidine rings is 1. The predicted molar refractivity (Wildman–Crippen MR) is 65.2 cm³/mol. The Morgan fingerprint density at radius 3 is 2.58 bits per heavy atom. The van der Waals surface area contributed by atoms with Crippen LogP contribution in [0, 0.1) is 23.4 Å². The van der Waals surface area contributed by atoms with E-state index >= 15 is 0 Å². The van der Waals surface area contributed by atoms with Crippen molar-refractivity contribution < 1.29 is 18.0 Å². The maximum absolute atomic E-state index is 13.0. The molecule has 1 aliphatic heterocycles. The van der Waals surface area contributed by atoms with Gasteiger partial charge >= 0.3 is 0 Å². The van der Waals surface area contributed by atoms with Crippen LogP contribution in [-0.2, 0) is 4.79 Å². The summed E-state index contributed by atoms with van der Waals surface area (Å²) in [5, 5.41) is 5.56. The molecule has 0 aromatic heterocycles. The number of nitrogens with one attached hydrogen (secondary N) is 2. The fraction of sp³-hybridized carbons (Fsp3) is 0.462. The number of hydrogen-bond donors (Lipinski definition) is 2. The third kappa shape index (κ3) is 3.70. The first-order valence-electron chi connectivity index (χ1n) is 6.21. The maximum Gasteiger partial charge on any atom is 0.224 e. The Morgan fingerprint density at radius 2 is 2.00 bits per heavy atom. The van der Waals surface area contributed by atoms with Crippen LogP contribution in [0.1, 0.15) is 19.3 Å². The van der Waals surface area contributed by atoms with Crippen molar-refractivity contribution in [3.05, 3.63) is 29.6 Å². The zero-order valence-corrected chi connectivity index (χ0v) is 10.3. The van der Waals surface area contributed by atoms with Crippen LogP contribution in [0.15, 0.2) is 12.1 Å². The van der Waals surface area contributed by atoms with Gasteiger partial charge in [-0.1, -0.05) is 0 Å². The SMILES string of the molecule is O=C(CC1CCCNC1)Nc1cc(F)c(F)c(F)c1.